The van der Waals surface area contributed by atoms with E-state index in [0.29, 0.717) is 17.9 Å². The average Bonchev–Trinajstić information content (AvgIpc) is 3.19. The van der Waals surface area contributed by atoms with Gasteiger partial charge in [0.05, 0.1) is 13.2 Å². The molecular weight excluding hydrogens is 384 g/mol. The highest BCUT2D eigenvalue weighted by atomic mass is 32.2. The van der Waals surface area contributed by atoms with Crippen LogP contribution in [0, 0.1) is 0 Å². The molecular formula is C19H18N2O4S2. The van der Waals surface area contributed by atoms with Crippen molar-refractivity contribution in [1.29, 1.82) is 0 Å². The lowest BCUT2D eigenvalue weighted by atomic mass is 10.0. The Morgan fingerprint density at radius 3 is 2.78 bits per heavy atom. The lowest BCUT2D eigenvalue weighted by Gasteiger charge is -2.26. The number of hydrogen-bond donors (Lipinski definition) is 1. The van der Waals surface area contributed by atoms with Crippen LogP contribution in [0.25, 0.3) is 10.4 Å². The lowest BCUT2D eigenvalue weighted by Crippen LogP contribution is -2.42. The van der Waals surface area contributed by atoms with E-state index < -0.39 is 10.0 Å². The summed E-state index contributed by atoms with van der Waals surface area (Å²) in [6.07, 6.45) is 3.92. The van der Waals surface area contributed by atoms with Gasteiger partial charge in [0, 0.05) is 17.3 Å². The van der Waals surface area contributed by atoms with E-state index in [1.165, 1.54) is 11.3 Å². The first-order valence-electron chi connectivity index (χ1n) is 8.38. The normalized spacial score (nSPS) is 16.4. The van der Waals surface area contributed by atoms with E-state index in [1.54, 1.807) is 25.6 Å². The number of fused-ring (bicyclic) bond motifs is 1. The van der Waals surface area contributed by atoms with Crippen molar-refractivity contribution in [3.8, 4) is 21.9 Å². The van der Waals surface area contributed by atoms with Crippen LogP contribution in [0.5, 0.6) is 11.5 Å². The number of benzene rings is 1. The molecule has 0 bridgehead atoms. The molecule has 1 atom stereocenters. The van der Waals surface area contributed by atoms with Gasteiger partial charge in [0.25, 0.3) is 0 Å². The second kappa shape index (κ2) is 7.30. The molecule has 0 aliphatic carbocycles. The number of ether oxygens (including phenoxy) is 2. The molecule has 0 amide bonds. The van der Waals surface area contributed by atoms with Crippen LogP contribution in [-0.2, 0) is 16.4 Å². The first-order chi connectivity index (χ1) is 13.1. The summed E-state index contributed by atoms with van der Waals surface area (Å²) in [4.78, 5) is 4.87. The van der Waals surface area contributed by atoms with Gasteiger partial charge in [-0.2, -0.15) is 0 Å². The molecule has 3 aromatic rings. The molecule has 1 aromatic carbocycles. The van der Waals surface area contributed by atoms with E-state index in [2.05, 4.69) is 9.71 Å². The molecule has 3 heterocycles. The Morgan fingerprint density at radius 2 is 2.00 bits per heavy atom. The number of pyridine rings is 1. The Bertz CT molecular complexity index is 1050. The van der Waals surface area contributed by atoms with Crippen LogP contribution in [0.4, 0.5) is 0 Å². The molecule has 1 N–H and O–H groups in total. The highest BCUT2D eigenvalue weighted by molar-refractivity contribution is 7.91. The summed E-state index contributed by atoms with van der Waals surface area (Å²) >= 11 is 1.23. The summed E-state index contributed by atoms with van der Waals surface area (Å²) < 4.78 is 39.7. The smallest absolute Gasteiger partial charge is 0.250 e. The maximum atomic E-state index is 12.8. The van der Waals surface area contributed by atoms with E-state index in [-0.39, 0.29) is 16.9 Å². The molecule has 1 aliphatic heterocycles. The maximum Gasteiger partial charge on any atom is 0.250 e. The summed E-state index contributed by atoms with van der Waals surface area (Å²) in [5, 5.41) is 0. The van der Waals surface area contributed by atoms with Crippen molar-refractivity contribution in [3.05, 3.63) is 60.4 Å². The maximum absolute atomic E-state index is 12.8. The summed E-state index contributed by atoms with van der Waals surface area (Å²) in [6.45, 7) is 0.259. The number of methoxy groups -OCH3 is 1. The Labute approximate surface area is 161 Å². The molecule has 27 heavy (non-hydrogen) atoms. The van der Waals surface area contributed by atoms with Crippen LogP contribution in [-0.4, -0.2) is 33.2 Å². The summed E-state index contributed by atoms with van der Waals surface area (Å²) in [7, 11) is -2.04. The predicted molar refractivity (Wildman–Crippen MR) is 104 cm³/mol. The quantitative estimate of drug-likeness (QED) is 0.710. The van der Waals surface area contributed by atoms with E-state index in [9.17, 15) is 8.42 Å². The first kappa shape index (κ1) is 18.0. The van der Waals surface area contributed by atoms with Crippen LogP contribution in [0.2, 0.25) is 0 Å². The predicted octanol–water partition coefficient (Wildman–Crippen LogP) is 3.10. The molecule has 1 unspecified atom stereocenters. The van der Waals surface area contributed by atoms with Gasteiger partial charge in [-0.3, -0.25) is 4.98 Å². The fraction of sp³-hybridized carbons (Fsp3) is 0.211. The number of aromatic nitrogens is 1. The molecule has 8 heteroatoms. The van der Waals surface area contributed by atoms with E-state index in [0.717, 1.165) is 16.0 Å². The van der Waals surface area contributed by atoms with Crippen LogP contribution >= 0.6 is 11.3 Å². The van der Waals surface area contributed by atoms with Crippen molar-refractivity contribution >= 4 is 21.4 Å². The molecule has 4 rings (SSSR count). The lowest BCUT2D eigenvalue weighted by molar-refractivity contribution is 0.240. The number of nitrogens with one attached hydrogen (secondary N) is 1. The SMILES string of the molecule is COc1cccc2c1OCC(NS(=O)(=O)c1ccc(-c3ccncc3)s1)C2. The molecule has 0 saturated heterocycles. The van der Waals surface area contributed by atoms with Gasteiger partial charge in [-0.1, -0.05) is 12.1 Å². The van der Waals surface area contributed by atoms with E-state index in [4.69, 9.17) is 9.47 Å². The van der Waals surface area contributed by atoms with Crippen molar-refractivity contribution in [3.63, 3.8) is 0 Å². The Balaban J connectivity index is 1.52. The zero-order valence-electron chi connectivity index (χ0n) is 14.6. The zero-order chi connectivity index (χ0) is 18.9. The van der Waals surface area contributed by atoms with Gasteiger partial charge < -0.3 is 9.47 Å². The van der Waals surface area contributed by atoms with Gasteiger partial charge in [0.15, 0.2) is 11.5 Å². The number of sulfonamides is 1. The second-order valence-corrected chi connectivity index (χ2v) is 9.16. The molecule has 1 aliphatic rings. The Kier molecular flexibility index (Phi) is 4.86. The van der Waals surface area contributed by atoms with Crippen molar-refractivity contribution in [2.75, 3.05) is 13.7 Å². The third-order valence-electron chi connectivity index (χ3n) is 4.31. The Morgan fingerprint density at radius 1 is 1.19 bits per heavy atom. The summed E-state index contributed by atoms with van der Waals surface area (Å²) in [5.74, 6) is 1.35. The third kappa shape index (κ3) is 3.69. The summed E-state index contributed by atoms with van der Waals surface area (Å²) in [6, 6.07) is 12.4. The summed E-state index contributed by atoms with van der Waals surface area (Å²) in [5.41, 5.74) is 1.87. The highest BCUT2D eigenvalue weighted by Gasteiger charge is 2.28. The number of rotatable bonds is 5. The van der Waals surface area contributed by atoms with Crippen molar-refractivity contribution in [2.24, 2.45) is 0 Å². The molecule has 0 radical (unpaired) electrons. The second-order valence-electron chi connectivity index (χ2n) is 6.14. The Hall–Kier alpha value is -2.42. The van der Waals surface area contributed by atoms with Crippen molar-refractivity contribution in [2.45, 2.75) is 16.7 Å². The molecule has 6 nitrogen and oxygen atoms in total. The number of nitrogens with zero attached hydrogens (tertiary/aromatic N) is 1. The van der Waals surface area contributed by atoms with Gasteiger partial charge in [0.1, 0.15) is 10.8 Å². The molecule has 0 spiro atoms. The minimum absolute atomic E-state index is 0.259. The van der Waals surface area contributed by atoms with Crippen LogP contribution in [0.1, 0.15) is 5.56 Å². The standard InChI is InChI=1S/C19H18N2O4S2/c1-24-16-4-2-3-14-11-15(12-25-19(14)16)21-27(22,23)18-6-5-17(26-18)13-7-9-20-10-8-13/h2-10,15,21H,11-12H2,1H3. The van der Waals surface area contributed by atoms with E-state index >= 15 is 0 Å². The van der Waals surface area contributed by atoms with Crippen LogP contribution in [0.3, 0.4) is 0 Å². The van der Waals surface area contributed by atoms with Crippen LogP contribution < -0.4 is 14.2 Å². The topological polar surface area (TPSA) is 77.5 Å². The minimum atomic E-state index is -3.62. The van der Waals surface area contributed by atoms with Gasteiger partial charge in [-0.25, -0.2) is 13.1 Å². The average molecular weight is 402 g/mol. The monoisotopic (exact) mass is 402 g/mol. The molecule has 0 saturated carbocycles. The van der Waals surface area contributed by atoms with E-state index in [1.807, 2.05) is 36.4 Å². The fourth-order valence-corrected chi connectivity index (χ4v) is 5.59. The fourth-order valence-electron chi connectivity index (χ4n) is 3.04. The van der Waals surface area contributed by atoms with Gasteiger partial charge in [0.2, 0.25) is 10.0 Å². The molecule has 2 aromatic heterocycles. The number of hydrogen-bond acceptors (Lipinski definition) is 6. The minimum Gasteiger partial charge on any atom is -0.493 e. The third-order valence-corrected chi connectivity index (χ3v) is 7.46. The van der Waals surface area contributed by atoms with Gasteiger partial charge in [-0.15, -0.1) is 11.3 Å². The largest absolute Gasteiger partial charge is 0.493 e. The molecule has 0 fully saturated rings. The van der Waals surface area contributed by atoms with Gasteiger partial charge in [-0.05, 0) is 47.9 Å². The molecule has 140 valence electrons. The highest BCUT2D eigenvalue weighted by Crippen LogP contribution is 2.35. The number of para-hydroxylation sites is 1. The van der Waals surface area contributed by atoms with Crippen molar-refractivity contribution < 1.29 is 17.9 Å². The van der Waals surface area contributed by atoms with Crippen LogP contribution in [0.15, 0.2) is 59.1 Å². The zero-order valence-corrected chi connectivity index (χ0v) is 16.2. The first-order valence-corrected chi connectivity index (χ1v) is 10.7. The van der Waals surface area contributed by atoms with Gasteiger partial charge >= 0.3 is 0 Å². The number of thiophene rings is 1. The van der Waals surface area contributed by atoms with Crippen molar-refractivity contribution in [1.82, 2.24) is 9.71 Å².